The van der Waals surface area contributed by atoms with Crippen molar-refractivity contribution >= 4 is 0 Å². The van der Waals surface area contributed by atoms with Crippen LogP contribution in [0.15, 0.2) is 18.2 Å². The summed E-state index contributed by atoms with van der Waals surface area (Å²) < 4.78 is 26.0. The lowest BCUT2D eigenvalue weighted by atomic mass is 9.91. The number of piperidine rings is 1. The van der Waals surface area contributed by atoms with Crippen LogP contribution in [-0.4, -0.2) is 47.5 Å². The molecule has 0 spiro atoms. The minimum Gasteiger partial charge on any atom is -0.395 e. The molecule has 118 valence electrons. The second-order valence-electron chi connectivity index (χ2n) is 5.81. The molecule has 1 aromatic carbocycles. The summed E-state index contributed by atoms with van der Waals surface area (Å²) in [5.74, 6) is -1.14. The van der Waals surface area contributed by atoms with Crippen LogP contribution < -0.4 is 0 Å². The predicted molar refractivity (Wildman–Crippen MR) is 76.9 cm³/mol. The molecule has 0 radical (unpaired) electrons. The molecule has 0 saturated carbocycles. The first kappa shape index (κ1) is 16.3. The molecule has 0 bridgehead atoms. The first-order valence-corrected chi connectivity index (χ1v) is 7.53. The molecule has 1 fully saturated rings. The topological polar surface area (TPSA) is 43.7 Å². The monoisotopic (exact) mass is 299 g/mol. The smallest absolute Gasteiger partial charge is 0.159 e. The van der Waals surface area contributed by atoms with Crippen molar-refractivity contribution in [2.24, 2.45) is 5.92 Å². The average molecular weight is 299 g/mol. The molecule has 2 rings (SSSR count). The van der Waals surface area contributed by atoms with Gasteiger partial charge in [-0.25, -0.2) is 8.78 Å². The van der Waals surface area contributed by atoms with Crippen molar-refractivity contribution < 1.29 is 19.0 Å². The predicted octanol–water partition coefficient (Wildman–Crippen LogP) is 1.96. The van der Waals surface area contributed by atoms with Crippen LogP contribution in [0, 0.1) is 17.6 Å². The number of hydrogen-bond acceptors (Lipinski definition) is 3. The summed E-state index contributed by atoms with van der Waals surface area (Å²) in [6.07, 6.45) is 3.77. The van der Waals surface area contributed by atoms with Gasteiger partial charge in [0.1, 0.15) is 0 Å². The highest BCUT2D eigenvalue weighted by Crippen LogP contribution is 2.23. The lowest BCUT2D eigenvalue weighted by molar-refractivity contribution is 0.0427. The highest BCUT2D eigenvalue weighted by atomic mass is 19.2. The number of aliphatic hydroxyl groups is 2. The Hall–Kier alpha value is -1.04. The van der Waals surface area contributed by atoms with E-state index in [1.807, 2.05) is 0 Å². The van der Waals surface area contributed by atoms with Crippen molar-refractivity contribution in [3.05, 3.63) is 35.4 Å². The van der Waals surface area contributed by atoms with E-state index < -0.39 is 11.6 Å². The van der Waals surface area contributed by atoms with Gasteiger partial charge in [-0.1, -0.05) is 6.07 Å². The first-order chi connectivity index (χ1) is 10.1. The van der Waals surface area contributed by atoms with Gasteiger partial charge in [0.05, 0.1) is 19.3 Å². The maximum atomic E-state index is 13.2. The van der Waals surface area contributed by atoms with E-state index in [9.17, 15) is 19.0 Å². The van der Waals surface area contributed by atoms with Gasteiger partial charge in [0, 0.05) is 6.54 Å². The summed E-state index contributed by atoms with van der Waals surface area (Å²) in [6, 6.07) is 3.88. The SMILES string of the molecule is OCC(CO)N1CCCC(CCc2ccc(F)c(F)c2)C1. The van der Waals surface area contributed by atoms with E-state index in [4.69, 9.17) is 0 Å². The standard InChI is InChI=1S/C16H23F2NO2/c17-15-6-5-12(8-16(15)18)3-4-13-2-1-7-19(9-13)14(10-20)11-21/h5-6,8,13-14,20-21H,1-4,7,9-11H2. The second-order valence-corrected chi connectivity index (χ2v) is 5.81. The summed E-state index contributed by atoms with van der Waals surface area (Å²) >= 11 is 0. The molecule has 3 nitrogen and oxygen atoms in total. The fraction of sp³-hybridized carbons (Fsp3) is 0.625. The zero-order valence-corrected chi connectivity index (χ0v) is 12.1. The molecular formula is C16H23F2NO2. The average Bonchev–Trinajstić information content (AvgIpc) is 2.50. The minimum absolute atomic E-state index is 0.0353. The van der Waals surface area contributed by atoms with Crippen LogP contribution in [-0.2, 0) is 6.42 Å². The van der Waals surface area contributed by atoms with Crippen LogP contribution in [0.5, 0.6) is 0 Å². The number of hydrogen-bond donors (Lipinski definition) is 2. The fourth-order valence-corrected chi connectivity index (χ4v) is 3.02. The molecule has 1 unspecified atom stereocenters. The third-order valence-corrected chi connectivity index (χ3v) is 4.31. The normalized spacial score (nSPS) is 20.1. The summed E-state index contributed by atoms with van der Waals surface area (Å²) in [5, 5.41) is 18.5. The van der Waals surface area contributed by atoms with Gasteiger partial charge in [-0.2, -0.15) is 0 Å². The molecular weight excluding hydrogens is 276 g/mol. The van der Waals surface area contributed by atoms with Gasteiger partial charge in [-0.3, -0.25) is 4.90 Å². The number of aliphatic hydroxyl groups excluding tert-OH is 2. The Morgan fingerprint density at radius 3 is 2.62 bits per heavy atom. The molecule has 1 saturated heterocycles. The van der Waals surface area contributed by atoms with Crippen molar-refractivity contribution in [1.82, 2.24) is 4.90 Å². The highest BCUT2D eigenvalue weighted by molar-refractivity contribution is 5.17. The number of halogens is 2. The van der Waals surface area contributed by atoms with Crippen molar-refractivity contribution in [1.29, 1.82) is 0 Å². The molecule has 0 amide bonds. The number of nitrogens with zero attached hydrogens (tertiary/aromatic N) is 1. The van der Waals surface area contributed by atoms with Gasteiger partial charge >= 0.3 is 0 Å². The van der Waals surface area contributed by atoms with Crippen LogP contribution in [0.25, 0.3) is 0 Å². The summed E-state index contributed by atoms with van der Waals surface area (Å²) in [6.45, 7) is 1.67. The zero-order chi connectivity index (χ0) is 15.2. The van der Waals surface area contributed by atoms with Crippen LogP contribution in [0.3, 0.4) is 0 Å². The molecule has 21 heavy (non-hydrogen) atoms. The van der Waals surface area contributed by atoms with Gasteiger partial charge < -0.3 is 10.2 Å². The van der Waals surface area contributed by atoms with E-state index in [0.29, 0.717) is 5.92 Å². The van der Waals surface area contributed by atoms with E-state index in [-0.39, 0.29) is 19.3 Å². The molecule has 2 N–H and O–H groups in total. The molecule has 1 heterocycles. The quantitative estimate of drug-likeness (QED) is 0.844. The van der Waals surface area contributed by atoms with Crippen LogP contribution in [0.4, 0.5) is 8.78 Å². The van der Waals surface area contributed by atoms with Gasteiger partial charge in [0.25, 0.3) is 0 Å². The Kier molecular flexibility index (Phi) is 6.08. The van der Waals surface area contributed by atoms with Gasteiger partial charge in [0.2, 0.25) is 0 Å². The summed E-state index contributed by atoms with van der Waals surface area (Å²) in [7, 11) is 0. The van der Waals surface area contributed by atoms with Crippen molar-refractivity contribution in [3.63, 3.8) is 0 Å². The number of rotatable bonds is 6. The lowest BCUT2D eigenvalue weighted by Gasteiger charge is -2.37. The second kappa shape index (κ2) is 7.82. The number of benzene rings is 1. The number of aryl methyl sites for hydroxylation is 1. The molecule has 0 aliphatic carbocycles. The Morgan fingerprint density at radius 2 is 1.95 bits per heavy atom. The van der Waals surface area contributed by atoms with Gasteiger partial charge in [-0.15, -0.1) is 0 Å². The molecule has 0 aromatic heterocycles. The van der Waals surface area contributed by atoms with E-state index in [0.717, 1.165) is 44.3 Å². The largest absolute Gasteiger partial charge is 0.395 e. The maximum Gasteiger partial charge on any atom is 0.159 e. The minimum atomic E-state index is -0.809. The Labute approximate surface area is 124 Å². The van der Waals surface area contributed by atoms with Gasteiger partial charge in [0.15, 0.2) is 11.6 Å². The third-order valence-electron chi connectivity index (χ3n) is 4.31. The van der Waals surface area contributed by atoms with E-state index in [1.54, 1.807) is 6.07 Å². The van der Waals surface area contributed by atoms with Gasteiger partial charge in [-0.05, 0) is 55.8 Å². The van der Waals surface area contributed by atoms with Crippen LogP contribution in [0.2, 0.25) is 0 Å². The van der Waals surface area contributed by atoms with Crippen molar-refractivity contribution in [2.75, 3.05) is 26.3 Å². The Balaban J connectivity index is 1.86. The molecule has 1 aromatic rings. The third kappa shape index (κ3) is 4.46. The molecule has 1 aliphatic rings. The van der Waals surface area contributed by atoms with E-state index in [1.165, 1.54) is 12.1 Å². The molecule has 5 heteroatoms. The number of likely N-dealkylation sites (tertiary alicyclic amines) is 1. The van der Waals surface area contributed by atoms with Crippen LogP contribution >= 0.6 is 0 Å². The highest BCUT2D eigenvalue weighted by Gasteiger charge is 2.24. The maximum absolute atomic E-state index is 13.2. The van der Waals surface area contributed by atoms with E-state index >= 15 is 0 Å². The first-order valence-electron chi connectivity index (χ1n) is 7.53. The van der Waals surface area contributed by atoms with Crippen LogP contribution in [0.1, 0.15) is 24.8 Å². The lowest BCUT2D eigenvalue weighted by Crippen LogP contribution is -2.46. The molecule has 1 atom stereocenters. The molecule has 1 aliphatic heterocycles. The van der Waals surface area contributed by atoms with E-state index in [2.05, 4.69) is 4.90 Å². The fourth-order valence-electron chi connectivity index (χ4n) is 3.02. The van der Waals surface area contributed by atoms with Crippen molar-refractivity contribution in [3.8, 4) is 0 Å². The Bertz CT molecular complexity index is 452. The zero-order valence-electron chi connectivity index (χ0n) is 12.1. The summed E-state index contributed by atoms with van der Waals surface area (Å²) in [4.78, 5) is 2.12. The Morgan fingerprint density at radius 1 is 1.19 bits per heavy atom. The summed E-state index contributed by atoms with van der Waals surface area (Å²) in [5.41, 5.74) is 0.812. The van der Waals surface area contributed by atoms with Crippen molar-refractivity contribution in [2.45, 2.75) is 31.7 Å².